The van der Waals surface area contributed by atoms with Crippen LogP contribution in [0.3, 0.4) is 0 Å². The second kappa shape index (κ2) is 4.08. The SMILES string of the molecule is Nc1nc(N(CC2CC2)CC2CC2)c2cn[nH]c2n1. The van der Waals surface area contributed by atoms with Crippen molar-refractivity contribution >= 4 is 22.8 Å². The van der Waals surface area contributed by atoms with Crippen LogP contribution in [0.4, 0.5) is 11.8 Å². The van der Waals surface area contributed by atoms with Gasteiger partial charge in [0.2, 0.25) is 5.95 Å². The minimum Gasteiger partial charge on any atom is -0.368 e. The number of fused-ring (bicyclic) bond motifs is 1. The van der Waals surface area contributed by atoms with Crippen LogP contribution in [0, 0.1) is 11.8 Å². The lowest BCUT2D eigenvalue weighted by atomic mass is 10.2. The van der Waals surface area contributed by atoms with Crippen LogP contribution in [0.15, 0.2) is 6.20 Å². The van der Waals surface area contributed by atoms with Crippen molar-refractivity contribution in [3.63, 3.8) is 0 Å². The van der Waals surface area contributed by atoms with Gasteiger partial charge in [-0.3, -0.25) is 5.10 Å². The molecule has 2 aliphatic rings. The third kappa shape index (κ3) is 2.22. The summed E-state index contributed by atoms with van der Waals surface area (Å²) in [7, 11) is 0. The number of rotatable bonds is 5. The van der Waals surface area contributed by atoms with Crippen molar-refractivity contribution in [2.24, 2.45) is 11.8 Å². The van der Waals surface area contributed by atoms with Gasteiger partial charge >= 0.3 is 0 Å². The highest BCUT2D eigenvalue weighted by Gasteiger charge is 2.31. The predicted octanol–water partition coefficient (Wildman–Crippen LogP) is 1.56. The second-order valence-electron chi connectivity index (χ2n) is 5.83. The van der Waals surface area contributed by atoms with Crippen LogP contribution < -0.4 is 10.6 Å². The Balaban J connectivity index is 1.72. The monoisotopic (exact) mass is 258 g/mol. The molecule has 2 aromatic heterocycles. The molecule has 6 nitrogen and oxygen atoms in total. The van der Waals surface area contributed by atoms with Crippen LogP contribution in [0.2, 0.25) is 0 Å². The van der Waals surface area contributed by atoms with Crippen molar-refractivity contribution < 1.29 is 0 Å². The van der Waals surface area contributed by atoms with E-state index in [1.807, 2.05) is 0 Å². The summed E-state index contributed by atoms with van der Waals surface area (Å²) >= 11 is 0. The average Bonchev–Trinajstić information content (AvgIpc) is 3.30. The fraction of sp³-hybridized carbons (Fsp3) is 0.615. The number of H-pyrrole nitrogens is 1. The van der Waals surface area contributed by atoms with Crippen molar-refractivity contribution in [2.45, 2.75) is 25.7 Å². The van der Waals surface area contributed by atoms with Crippen LogP contribution in [0.1, 0.15) is 25.7 Å². The molecule has 0 saturated heterocycles. The van der Waals surface area contributed by atoms with E-state index in [1.165, 1.54) is 25.7 Å². The van der Waals surface area contributed by atoms with Crippen molar-refractivity contribution in [2.75, 3.05) is 23.7 Å². The first kappa shape index (κ1) is 11.0. The van der Waals surface area contributed by atoms with Crippen LogP contribution in [0.25, 0.3) is 11.0 Å². The molecule has 19 heavy (non-hydrogen) atoms. The number of nitrogens with two attached hydrogens (primary N) is 1. The number of anilines is 2. The maximum absolute atomic E-state index is 5.82. The summed E-state index contributed by atoms with van der Waals surface area (Å²) in [6, 6.07) is 0. The molecule has 0 radical (unpaired) electrons. The highest BCUT2D eigenvalue weighted by molar-refractivity contribution is 5.87. The van der Waals surface area contributed by atoms with Crippen molar-refractivity contribution in [1.29, 1.82) is 0 Å². The summed E-state index contributed by atoms with van der Waals surface area (Å²) in [4.78, 5) is 11.1. The molecule has 0 aliphatic heterocycles. The molecule has 0 aromatic carbocycles. The molecular weight excluding hydrogens is 240 g/mol. The molecular formula is C13H18N6. The Morgan fingerprint density at radius 1 is 1.16 bits per heavy atom. The molecule has 0 atom stereocenters. The average molecular weight is 258 g/mol. The van der Waals surface area contributed by atoms with Gasteiger partial charge in [-0.2, -0.15) is 15.1 Å². The van der Waals surface area contributed by atoms with Crippen molar-refractivity contribution in [3.05, 3.63) is 6.20 Å². The van der Waals surface area contributed by atoms with E-state index in [2.05, 4.69) is 25.1 Å². The Bertz CT molecular complexity index is 584. The normalized spacial score (nSPS) is 18.9. The standard InChI is InChI=1S/C13H18N6/c14-13-16-11-10(5-15-18-11)12(17-13)19(6-8-1-2-8)7-9-3-4-9/h5,8-9H,1-4,6-7H2,(H3,14,15,16,17,18). The highest BCUT2D eigenvalue weighted by atomic mass is 15.2. The van der Waals surface area contributed by atoms with Crippen LogP contribution in [-0.2, 0) is 0 Å². The van der Waals surface area contributed by atoms with Gasteiger partial charge in [0.05, 0.1) is 11.6 Å². The molecule has 2 fully saturated rings. The summed E-state index contributed by atoms with van der Waals surface area (Å²) in [6.07, 6.45) is 7.18. The molecule has 2 heterocycles. The highest BCUT2D eigenvalue weighted by Crippen LogP contribution is 2.36. The Hall–Kier alpha value is -1.85. The first-order valence-electron chi connectivity index (χ1n) is 7.01. The smallest absolute Gasteiger partial charge is 0.224 e. The molecule has 2 saturated carbocycles. The Kier molecular flexibility index (Phi) is 2.36. The third-order valence-corrected chi connectivity index (χ3v) is 3.96. The van der Waals surface area contributed by atoms with E-state index in [1.54, 1.807) is 6.20 Å². The molecule has 0 bridgehead atoms. The molecule has 0 amide bonds. The third-order valence-electron chi connectivity index (χ3n) is 3.96. The van der Waals surface area contributed by atoms with E-state index in [-0.39, 0.29) is 0 Å². The lowest BCUT2D eigenvalue weighted by molar-refractivity contribution is 0.674. The minimum absolute atomic E-state index is 0.323. The number of hydrogen-bond acceptors (Lipinski definition) is 5. The van der Waals surface area contributed by atoms with Gasteiger partial charge in [0.15, 0.2) is 5.65 Å². The number of nitrogens with zero attached hydrogens (tertiary/aromatic N) is 4. The lowest BCUT2D eigenvalue weighted by Gasteiger charge is -2.24. The van der Waals surface area contributed by atoms with E-state index in [0.29, 0.717) is 5.95 Å². The molecule has 4 rings (SSSR count). The topological polar surface area (TPSA) is 83.7 Å². The number of nitrogen functional groups attached to an aromatic ring is 1. The van der Waals surface area contributed by atoms with Gasteiger partial charge in [-0.25, -0.2) is 0 Å². The minimum atomic E-state index is 0.323. The zero-order chi connectivity index (χ0) is 12.8. The molecule has 0 spiro atoms. The van der Waals surface area contributed by atoms with Crippen molar-refractivity contribution in [1.82, 2.24) is 20.2 Å². The van der Waals surface area contributed by atoms with Crippen molar-refractivity contribution in [3.8, 4) is 0 Å². The van der Waals surface area contributed by atoms with Gasteiger partial charge < -0.3 is 10.6 Å². The van der Waals surface area contributed by atoms with Gasteiger partial charge in [-0.05, 0) is 37.5 Å². The molecule has 2 aromatic rings. The maximum atomic E-state index is 5.82. The fourth-order valence-electron chi connectivity index (χ4n) is 2.55. The molecule has 2 aliphatic carbocycles. The van der Waals surface area contributed by atoms with Crippen LogP contribution in [-0.4, -0.2) is 33.3 Å². The van der Waals surface area contributed by atoms with Gasteiger partial charge in [0.1, 0.15) is 5.82 Å². The molecule has 100 valence electrons. The van der Waals surface area contributed by atoms with Gasteiger partial charge in [-0.1, -0.05) is 0 Å². The van der Waals surface area contributed by atoms with E-state index < -0.39 is 0 Å². The Morgan fingerprint density at radius 3 is 2.47 bits per heavy atom. The second-order valence-corrected chi connectivity index (χ2v) is 5.83. The predicted molar refractivity (Wildman–Crippen MR) is 73.8 cm³/mol. The molecule has 3 N–H and O–H groups in total. The Morgan fingerprint density at radius 2 is 1.84 bits per heavy atom. The van der Waals surface area contributed by atoms with Gasteiger partial charge in [0, 0.05) is 13.1 Å². The van der Waals surface area contributed by atoms with Gasteiger partial charge in [0.25, 0.3) is 0 Å². The quantitative estimate of drug-likeness (QED) is 0.850. The van der Waals surface area contributed by atoms with E-state index >= 15 is 0 Å². The Labute approximate surface area is 111 Å². The van der Waals surface area contributed by atoms with Gasteiger partial charge in [-0.15, -0.1) is 0 Å². The lowest BCUT2D eigenvalue weighted by Crippen LogP contribution is -2.29. The van der Waals surface area contributed by atoms with E-state index in [9.17, 15) is 0 Å². The first-order valence-corrected chi connectivity index (χ1v) is 7.01. The van der Waals surface area contributed by atoms with E-state index in [4.69, 9.17) is 5.73 Å². The number of aromatic amines is 1. The van der Waals surface area contributed by atoms with Crippen LogP contribution >= 0.6 is 0 Å². The zero-order valence-corrected chi connectivity index (χ0v) is 10.8. The maximum Gasteiger partial charge on any atom is 0.224 e. The number of aromatic nitrogens is 4. The zero-order valence-electron chi connectivity index (χ0n) is 10.8. The summed E-state index contributed by atoms with van der Waals surface area (Å²) in [6.45, 7) is 2.18. The summed E-state index contributed by atoms with van der Waals surface area (Å²) in [5.41, 5.74) is 6.55. The van der Waals surface area contributed by atoms with E-state index in [0.717, 1.165) is 41.8 Å². The number of nitrogens with one attached hydrogen (secondary N) is 1. The first-order chi connectivity index (χ1) is 9.29. The fourth-order valence-corrected chi connectivity index (χ4v) is 2.55. The number of hydrogen-bond donors (Lipinski definition) is 2. The molecule has 6 heteroatoms. The summed E-state index contributed by atoms with van der Waals surface area (Å²) < 4.78 is 0. The summed E-state index contributed by atoms with van der Waals surface area (Å²) in [5, 5.41) is 7.93. The van der Waals surface area contributed by atoms with Crippen LogP contribution in [0.5, 0.6) is 0 Å². The summed E-state index contributed by atoms with van der Waals surface area (Å²) in [5.74, 6) is 2.94. The molecule has 0 unspecified atom stereocenters. The largest absolute Gasteiger partial charge is 0.368 e.